The number of aryl methyl sites for hydroxylation is 3. The third-order valence-corrected chi connectivity index (χ3v) is 5.51. The lowest BCUT2D eigenvalue weighted by molar-refractivity contribution is -0.119. The quantitative estimate of drug-likeness (QED) is 0.490. The average molecular weight is 347 g/mol. The number of anilines is 1. The number of hydrogen-bond acceptors (Lipinski definition) is 4. The highest BCUT2D eigenvalue weighted by atomic mass is 32.2. The molecule has 0 spiro atoms. The highest BCUT2D eigenvalue weighted by Crippen LogP contribution is 2.30. The molecule has 1 amide bonds. The predicted octanol–water partition coefficient (Wildman–Crippen LogP) is 1.80. The summed E-state index contributed by atoms with van der Waals surface area (Å²) in [6.45, 7) is 5.10. The number of hydrazine groups is 1. The second-order valence-electron chi connectivity index (χ2n) is 5.63. The van der Waals surface area contributed by atoms with Crippen LogP contribution in [0.1, 0.15) is 16.7 Å². The zero-order valence-corrected chi connectivity index (χ0v) is 14.7. The van der Waals surface area contributed by atoms with E-state index in [9.17, 15) is 13.2 Å². The standard InChI is InChI=1S/C17H21N3O3S/c1-12-7-9-15(10-8-12)24(22,23)20(11-16(21)19-18)17-13(2)5-4-6-14(17)3/h4-10H,11,18H2,1-3H3,(H,19,21). The van der Waals surface area contributed by atoms with E-state index in [0.717, 1.165) is 21.0 Å². The number of carbonyl (C=O) groups is 1. The molecule has 0 atom stereocenters. The van der Waals surface area contributed by atoms with E-state index in [1.807, 2.05) is 18.4 Å². The van der Waals surface area contributed by atoms with Crippen LogP contribution in [-0.4, -0.2) is 20.9 Å². The molecule has 2 aromatic carbocycles. The molecule has 0 aromatic heterocycles. The predicted molar refractivity (Wildman–Crippen MR) is 94.0 cm³/mol. The molecule has 0 aliphatic heterocycles. The number of amides is 1. The summed E-state index contributed by atoms with van der Waals surface area (Å²) in [5, 5.41) is 0. The number of benzene rings is 2. The molecule has 0 saturated carbocycles. The second kappa shape index (κ2) is 7.02. The third kappa shape index (κ3) is 3.58. The van der Waals surface area contributed by atoms with Gasteiger partial charge in [-0.05, 0) is 44.0 Å². The van der Waals surface area contributed by atoms with Crippen molar-refractivity contribution in [2.24, 2.45) is 5.84 Å². The fourth-order valence-corrected chi connectivity index (χ4v) is 4.05. The largest absolute Gasteiger partial charge is 0.293 e. The lowest BCUT2D eigenvalue weighted by Crippen LogP contribution is -2.43. The van der Waals surface area contributed by atoms with Crippen LogP contribution in [0.5, 0.6) is 0 Å². The van der Waals surface area contributed by atoms with Crippen molar-refractivity contribution >= 4 is 21.6 Å². The van der Waals surface area contributed by atoms with Crippen LogP contribution in [0.2, 0.25) is 0 Å². The average Bonchev–Trinajstić information content (AvgIpc) is 2.53. The number of carbonyl (C=O) groups excluding carboxylic acids is 1. The van der Waals surface area contributed by atoms with E-state index in [0.29, 0.717) is 5.69 Å². The maximum absolute atomic E-state index is 13.1. The minimum atomic E-state index is -3.90. The van der Waals surface area contributed by atoms with Gasteiger partial charge in [-0.15, -0.1) is 0 Å². The monoisotopic (exact) mass is 347 g/mol. The maximum Gasteiger partial charge on any atom is 0.264 e. The lowest BCUT2D eigenvalue weighted by Gasteiger charge is -2.27. The Balaban J connectivity index is 2.62. The molecule has 0 heterocycles. The molecular formula is C17H21N3O3S. The molecule has 7 heteroatoms. The van der Waals surface area contributed by atoms with Gasteiger partial charge in [0.25, 0.3) is 15.9 Å². The van der Waals surface area contributed by atoms with Crippen LogP contribution in [0, 0.1) is 20.8 Å². The summed E-state index contributed by atoms with van der Waals surface area (Å²) in [6, 6.07) is 12.0. The summed E-state index contributed by atoms with van der Waals surface area (Å²) in [4.78, 5) is 11.9. The van der Waals surface area contributed by atoms with E-state index in [1.165, 1.54) is 12.1 Å². The molecule has 0 bridgehead atoms. The van der Waals surface area contributed by atoms with Gasteiger partial charge in [-0.25, -0.2) is 14.3 Å². The van der Waals surface area contributed by atoms with Crippen molar-refractivity contribution < 1.29 is 13.2 Å². The fourth-order valence-electron chi connectivity index (χ4n) is 2.50. The van der Waals surface area contributed by atoms with Gasteiger partial charge in [0.15, 0.2) is 0 Å². The van der Waals surface area contributed by atoms with Gasteiger partial charge < -0.3 is 0 Å². The number of nitrogens with two attached hydrogens (primary N) is 1. The van der Waals surface area contributed by atoms with Gasteiger partial charge in [0.05, 0.1) is 10.6 Å². The Hall–Kier alpha value is -2.38. The van der Waals surface area contributed by atoms with E-state index in [1.54, 1.807) is 38.1 Å². The first-order valence-corrected chi connectivity index (χ1v) is 8.86. The van der Waals surface area contributed by atoms with Crippen molar-refractivity contribution in [1.82, 2.24) is 5.43 Å². The molecule has 128 valence electrons. The molecule has 3 N–H and O–H groups in total. The van der Waals surface area contributed by atoms with Crippen LogP contribution in [0.3, 0.4) is 0 Å². The van der Waals surface area contributed by atoms with E-state index in [4.69, 9.17) is 5.84 Å². The van der Waals surface area contributed by atoms with Gasteiger partial charge in [-0.2, -0.15) is 0 Å². The number of rotatable bonds is 5. The number of nitrogens with zero attached hydrogens (tertiary/aromatic N) is 1. The van der Waals surface area contributed by atoms with Crippen LogP contribution >= 0.6 is 0 Å². The topological polar surface area (TPSA) is 92.5 Å². The Morgan fingerprint density at radius 2 is 1.58 bits per heavy atom. The molecule has 0 aliphatic rings. The number of para-hydroxylation sites is 1. The van der Waals surface area contributed by atoms with E-state index in [2.05, 4.69) is 0 Å². The van der Waals surface area contributed by atoms with E-state index >= 15 is 0 Å². The Bertz CT molecular complexity index is 826. The molecule has 6 nitrogen and oxygen atoms in total. The molecule has 2 rings (SSSR count). The van der Waals surface area contributed by atoms with Crippen molar-refractivity contribution in [1.29, 1.82) is 0 Å². The van der Waals surface area contributed by atoms with Crippen molar-refractivity contribution in [3.63, 3.8) is 0 Å². The third-order valence-electron chi connectivity index (χ3n) is 3.75. The molecule has 2 aromatic rings. The molecule has 0 aliphatic carbocycles. The normalized spacial score (nSPS) is 11.2. The first-order chi connectivity index (χ1) is 11.3. The van der Waals surface area contributed by atoms with Crippen LogP contribution in [0.4, 0.5) is 5.69 Å². The molecule has 0 radical (unpaired) electrons. The molecule has 0 saturated heterocycles. The highest BCUT2D eigenvalue weighted by Gasteiger charge is 2.29. The summed E-state index contributed by atoms with van der Waals surface area (Å²) < 4.78 is 27.3. The van der Waals surface area contributed by atoms with Crippen LogP contribution < -0.4 is 15.6 Å². The number of sulfonamides is 1. The first-order valence-electron chi connectivity index (χ1n) is 7.42. The van der Waals surface area contributed by atoms with Gasteiger partial charge >= 0.3 is 0 Å². The van der Waals surface area contributed by atoms with Crippen molar-refractivity contribution in [3.05, 3.63) is 59.2 Å². The smallest absolute Gasteiger partial charge is 0.264 e. The molecule has 0 fully saturated rings. The summed E-state index contributed by atoms with van der Waals surface area (Å²) in [7, 11) is -3.90. The Morgan fingerprint density at radius 3 is 2.08 bits per heavy atom. The summed E-state index contributed by atoms with van der Waals surface area (Å²) in [5.74, 6) is 4.57. The number of hydrogen-bond donors (Lipinski definition) is 2. The van der Waals surface area contributed by atoms with Crippen molar-refractivity contribution in [2.75, 3.05) is 10.8 Å². The Labute approximate surface area is 142 Å². The van der Waals surface area contributed by atoms with Crippen molar-refractivity contribution in [3.8, 4) is 0 Å². The Kier molecular flexibility index (Phi) is 5.26. The first kappa shape index (κ1) is 18.0. The van der Waals surface area contributed by atoms with Gasteiger partial charge in [0.1, 0.15) is 6.54 Å². The zero-order valence-electron chi connectivity index (χ0n) is 13.9. The summed E-state index contributed by atoms with van der Waals surface area (Å²) in [5.41, 5.74) is 4.95. The Morgan fingerprint density at radius 1 is 1.04 bits per heavy atom. The number of nitrogens with one attached hydrogen (secondary N) is 1. The minimum Gasteiger partial charge on any atom is -0.293 e. The fraction of sp³-hybridized carbons (Fsp3) is 0.235. The van der Waals surface area contributed by atoms with Gasteiger partial charge in [0.2, 0.25) is 0 Å². The molecular weight excluding hydrogens is 326 g/mol. The minimum absolute atomic E-state index is 0.126. The second-order valence-corrected chi connectivity index (χ2v) is 7.49. The molecule has 0 unspecified atom stereocenters. The van der Waals surface area contributed by atoms with Gasteiger partial charge in [-0.1, -0.05) is 35.9 Å². The van der Waals surface area contributed by atoms with Crippen molar-refractivity contribution in [2.45, 2.75) is 25.7 Å². The van der Waals surface area contributed by atoms with E-state index < -0.39 is 22.5 Å². The van der Waals surface area contributed by atoms with Gasteiger partial charge in [0, 0.05) is 0 Å². The van der Waals surface area contributed by atoms with E-state index in [-0.39, 0.29) is 4.90 Å². The van der Waals surface area contributed by atoms with Gasteiger partial charge in [-0.3, -0.25) is 14.5 Å². The highest BCUT2D eigenvalue weighted by molar-refractivity contribution is 7.92. The SMILES string of the molecule is Cc1ccc(S(=O)(=O)N(CC(=O)NN)c2c(C)cccc2C)cc1. The van der Waals surface area contributed by atoms with Crippen LogP contribution in [-0.2, 0) is 14.8 Å². The zero-order chi connectivity index (χ0) is 17.9. The summed E-state index contributed by atoms with van der Waals surface area (Å²) in [6.07, 6.45) is 0. The maximum atomic E-state index is 13.1. The summed E-state index contributed by atoms with van der Waals surface area (Å²) >= 11 is 0. The lowest BCUT2D eigenvalue weighted by atomic mass is 10.1. The van der Waals surface area contributed by atoms with Crippen LogP contribution in [0.15, 0.2) is 47.4 Å². The van der Waals surface area contributed by atoms with Crippen LogP contribution in [0.25, 0.3) is 0 Å². The molecule has 24 heavy (non-hydrogen) atoms.